The van der Waals surface area contributed by atoms with E-state index in [9.17, 15) is 9.59 Å². The first-order chi connectivity index (χ1) is 10.0. The van der Waals surface area contributed by atoms with E-state index >= 15 is 0 Å². The molecular weight excluding hydrogens is 266 g/mol. The van der Waals surface area contributed by atoms with Gasteiger partial charge in [0.15, 0.2) is 0 Å². The highest BCUT2D eigenvalue weighted by atomic mass is 16.2. The maximum Gasteiger partial charge on any atom is 0.263 e. The average Bonchev–Trinajstić information content (AvgIpc) is 2.49. The third kappa shape index (κ3) is 3.37. The fourth-order valence-electron chi connectivity index (χ4n) is 2.11. The Kier molecular flexibility index (Phi) is 4.52. The molecule has 0 spiro atoms. The lowest BCUT2D eigenvalue weighted by atomic mass is 10.1. The second-order valence-corrected chi connectivity index (χ2v) is 5.05. The zero-order chi connectivity index (χ0) is 15.4. The van der Waals surface area contributed by atoms with Crippen molar-refractivity contribution in [2.24, 2.45) is 7.05 Å². The van der Waals surface area contributed by atoms with E-state index in [-0.39, 0.29) is 17.0 Å². The fourth-order valence-corrected chi connectivity index (χ4v) is 2.11. The van der Waals surface area contributed by atoms with Gasteiger partial charge >= 0.3 is 0 Å². The number of hydrogen-bond donors (Lipinski definition) is 1. The zero-order valence-electron chi connectivity index (χ0n) is 12.5. The van der Waals surface area contributed by atoms with E-state index < -0.39 is 0 Å². The molecule has 0 aliphatic rings. The summed E-state index contributed by atoms with van der Waals surface area (Å²) in [5, 5.41) is 2.79. The van der Waals surface area contributed by atoms with Gasteiger partial charge in [0, 0.05) is 31.7 Å². The molecule has 0 unspecified atom stereocenters. The zero-order valence-corrected chi connectivity index (χ0v) is 12.5. The lowest BCUT2D eigenvalue weighted by Crippen LogP contribution is -2.34. The maximum atomic E-state index is 12.1. The second kappa shape index (κ2) is 6.35. The van der Waals surface area contributed by atoms with Crippen molar-refractivity contribution < 1.29 is 4.79 Å². The molecule has 5 nitrogen and oxygen atoms in total. The minimum absolute atomic E-state index is 0.190. The van der Waals surface area contributed by atoms with Crippen molar-refractivity contribution in [1.82, 2.24) is 14.9 Å². The van der Waals surface area contributed by atoms with Crippen molar-refractivity contribution in [2.45, 2.75) is 20.3 Å². The van der Waals surface area contributed by atoms with Crippen LogP contribution in [0.3, 0.4) is 0 Å². The predicted molar refractivity (Wildman–Crippen MR) is 81.4 cm³/mol. The van der Waals surface area contributed by atoms with E-state index in [1.165, 1.54) is 4.57 Å². The number of amides is 1. The summed E-state index contributed by atoms with van der Waals surface area (Å²) in [6.07, 6.45) is 4.14. The largest absolute Gasteiger partial charge is 0.352 e. The topological polar surface area (TPSA) is 64.0 Å². The van der Waals surface area contributed by atoms with E-state index in [1.54, 1.807) is 25.5 Å². The number of nitrogens with zero attached hydrogens (tertiary/aromatic N) is 2. The van der Waals surface area contributed by atoms with Crippen LogP contribution in [0, 0.1) is 13.8 Å². The number of aromatic nitrogens is 2. The van der Waals surface area contributed by atoms with Crippen molar-refractivity contribution in [1.29, 1.82) is 0 Å². The summed E-state index contributed by atoms with van der Waals surface area (Å²) in [7, 11) is 1.68. The number of hydrogen-bond acceptors (Lipinski definition) is 3. The Labute approximate surface area is 123 Å². The Hall–Kier alpha value is -2.43. The lowest BCUT2D eigenvalue weighted by Gasteiger charge is -2.10. The number of pyridine rings is 2. The maximum absolute atomic E-state index is 12.1. The summed E-state index contributed by atoms with van der Waals surface area (Å²) in [5.41, 5.74) is 2.82. The van der Waals surface area contributed by atoms with Gasteiger partial charge in [0.05, 0.1) is 0 Å². The van der Waals surface area contributed by atoms with Crippen molar-refractivity contribution >= 4 is 5.91 Å². The molecule has 0 fully saturated rings. The van der Waals surface area contributed by atoms with Crippen LogP contribution in [-0.2, 0) is 13.5 Å². The van der Waals surface area contributed by atoms with Gasteiger partial charge in [-0.3, -0.25) is 14.6 Å². The van der Waals surface area contributed by atoms with Gasteiger partial charge in [-0.1, -0.05) is 0 Å². The third-order valence-corrected chi connectivity index (χ3v) is 3.66. The van der Waals surface area contributed by atoms with Crippen LogP contribution in [0.1, 0.15) is 27.2 Å². The summed E-state index contributed by atoms with van der Waals surface area (Å²) in [6.45, 7) is 4.24. The quantitative estimate of drug-likeness (QED) is 0.922. The molecule has 2 aromatic heterocycles. The molecule has 0 aliphatic heterocycles. The van der Waals surface area contributed by atoms with Crippen molar-refractivity contribution in [3.05, 3.63) is 63.3 Å². The van der Waals surface area contributed by atoms with Crippen LogP contribution in [-0.4, -0.2) is 22.0 Å². The molecular formula is C16H19N3O2. The van der Waals surface area contributed by atoms with E-state index in [1.807, 2.05) is 26.0 Å². The molecule has 2 aromatic rings. The number of carbonyl (C=O) groups excluding carboxylic acids is 1. The molecule has 2 rings (SSSR count). The van der Waals surface area contributed by atoms with E-state index in [2.05, 4.69) is 10.3 Å². The molecule has 0 aliphatic carbocycles. The number of carbonyl (C=O) groups is 1. The average molecular weight is 285 g/mol. The summed E-state index contributed by atoms with van der Waals surface area (Å²) in [6, 6.07) is 5.46. The summed E-state index contributed by atoms with van der Waals surface area (Å²) >= 11 is 0. The highest BCUT2D eigenvalue weighted by Gasteiger charge is 2.13. The molecule has 1 N–H and O–H groups in total. The normalized spacial score (nSPS) is 10.4. The Morgan fingerprint density at radius 1 is 1.29 bits per heavy atom. The first-order valence-electron chi connectivity index (χ1n) is 6.85. The Morgan fingerprint density at radius 2 is 1.95 bits per heavy atom. The number of rotatable bonds is 4. The first-order valence-corrected chi connectivity index (χ1v) is 6.85. The highest BCUT2D eigenvalue weighted by Crippen LogP contribution is 2.05. The highest BCUT2D eigenvalue weighted by molar-refractivity contribution is 5.94. The third-order valence-electron chi connectivity index (χ3n) is 3.66. The minimum Gasteiger partial charge on any atom is -0.352 e. The lowest BCUT2D eigenvalue weighted by molar-refractivity contribution is 0.0952. The van der Waals surface area contributed by atoms with Crippen molar-refractivity contribution in [3.63, 3.8) is 0 Å². The van der Waals surface area contributed by atoms with E-state index in [0.717, 1.165) is 16.8 Å². The van der Waals surface area contributed by atoms with Crippen LogP contribution < -0.4 is 10.9 Å². The SMILES string of the molecule is Cc1cc(C(=O)NCCc2ccncc2)c(=O)n(C)c1C. The summed E-state index contributed by atoms with van der Waals surface area (Å²) < 4.78 is 1.51. The number of nitrogens with one attached hydrogen (secondary N) is 1. The summed E-state index contributed by atoms with van der Waals surface area (Å²) in [4.78, 5) is 28.2. The van der Waals surface area contributed by atoms with Crippen LogP contribution in [0.4, 0.5) is 0 Å². The van der Waals surface area contributed by atoms with E-state index in [0.29, 0.717) is 13.0 Å². The van der Waals surface area contributed by atoms with Crippen LogP contribution in [0.25, 0.3) is 0 Å². The van der Waals surface area contributed by atoms with Gasteiger partial charge in [-0.2, -0.15) is 0 Å². The Balaban J connectivity index is 2.06. The Morgan fingerprint density at radius 3 is 2.62 bits per heavy atom. The number of aryl methyl sites for hydroxylation is 1. The second-order valence-electron chi connectivity index (χ2n) is 5.05. The van der Waals surface area contributed by atoms with Gasteiger partial charge in [-0.15, -0.1) is 0 Å². The molecule has 1 amide bonds. The molecule has 0 aromatic carbocycles. The van der Waals surface area contributed by atoms with Gasteiger partial charge in [0.25, 0.3) is 11.5 Å². The Bertz CT molecular complexity index is 705. The molecule has 2 heterocycles. The van der Waals surface area contributed by atoms with Crippen LogP contribution in [0.5, 0.6) is 0 Å². The van der Waals surface area contributed by atoms with Crippen LogP contribution in [0.15, 0.2) is 35.4 Å². The van der Waals surface area contributed by atoms with E-state index in [4.69, 9.17) is 0 Å². The van der Waals surface area contributed by atoms with Crippen molar-refractivity contribution in [2.75, 3.05) is 6.54 Å². The van der Waals surface area contributed by atoms with Crippen LogP contribution in [0.2, 0.25) is 0 Å². The summed E-state index contributed by atoms with van der Waals surface area (Å²) in [5.74, 6) is -0.326. The monoisotopic (exact) mass is 285 g/mol. The molecule has 0 atom stereocenters. The molecule has 110 valence electrons. The molecule has 5 heteroatoms. The standard InChI is InChI=1S/C16H19N3O2/c1-11-10-14(16(21)19(3)12(11)2)15(20)18-9-6-13-4-7-17-8-5-13/h4-5,7-8,10H,6,9H2,1-3H3,(H,18,20). The van der Waals surface area contributed by atoms with Gasteiger partial charge in [-0.25, -0.2) is 0 Å². The molecule has 0 bridgehead atoms. The van der Waals surface area contributed by atoms with Crippen LogP contribution >= 0.6 is 0 Å². The molecule has 21 heavy (non-hydrogen) atoms. The predicted octanol–water partition coefficient (Wildman–Crippen LogP) is 1.37. The minimum atomic E-state index is -0.326. The smallest absolute Gasteiger partial charge is 0.263 e. The van der Waals surface area contributed by atoms with Gasteiger partial charge < -0.3 is 9.88 Å². The molecule has 0 saturated carbocycles. The molecule has 0 radical (unpaired) electrons. The fraction of sp³-hybridized carbons (Fsp3) is 0.312. The van der Waals surface area contributed by atoms with Gasteiger partial charge in [0.1, 0.15) is 5.56 Å². The van der Waals surface area contributed by atoms with Gasteiger partial charge in [0.2, 0.25) is 0 Å². The first kappa shape index (κ1) is 15.0. The molecule has 0 saturated heterocycles. The van der Waals surface area contributed by atoms with Gasteiger partial charge in [-0.05, 0) is 49.6 Å². The van der Waals surface area contributed by atoms with Crippen molar-refractivity contribution in [3.8, 4) is 0 Å².